The zero-order valence-corrected chi connectivity index (χ0v) is 8.34. The molecule has 2 aromatic heterocycles. The van der Waals surface area contributed by atoms with Crippen LogP contribution in [0.15, 0.2) is 17.2 Å². The van der Waals surface area contributed by atoms with E-state index in [4.69, 9.17) is 0 Å². The first-order valence-electron chi connectivity index (χ1n) is 3.89. The van der Waals surface area contributed by atoms with Crippen molar-refractivity contribution in [1.29, 1.82) is 0 Å². The number of aromatic nitrogens is 4. The number of H-pyrrole nitrogens is 1. The van der Waals surface area contributed by atoms with Crippen LogP contribution in [0.3, 0.4) is 0 Å². The van der Waals surface area contributed by atoms with Crippen molar-refractivity contribution < 1.29 is 0 Å². The fraction of sp³-hybridized carbons (Fsp3) is 0.286. The molecule has 0 aliphatic heterocycles. The van der Waals surface area contributed by atoms with Crippen molar-refractivity contribution in [2.45, 2.75) is 6.54 Å². The maximum absolute atomic E-state index is 11.2. The molecule has 0 unspecified atom stereocenters. The first kappa shape index (κ1) is 10.7. The van der Waals surface area contributed by atoms with E-state index in [1.165, 1.54) is 0 Å². The quantitative estimate of drug-likeness (QED) is 0.712. The minimum atomic E-state index is -0.225. The molecule has 2 aromatic rings. The van der Waals surface area contributed by atoms with E-state index >= 15 is 0 Å². The molecular weight excluding hydrogens is 206 g/mol. The third-order valence-electron chi connectivity index (χ3n) is 1.74. The average molecular weight is 216 g/mol. The van der Waals surface area contributed by atoms with E-state index in [2.05, 4.69) is 20.5 Å². The van der Waals surface area contributed by atoms with Gasteiger partial charge >= 0.3 is 0 Å². The molecule has 0 aromatic carbocycles. The van der Waals surface area contributed by atoms with Crippen molar-refractivity contribution in [3.63, 3.8) is 0 Å². The van der Waals surface area contributed by atoms with E-state index in [0.717, 1.165) is 5.82 Å². The molecule has 76 valence electrons. The summed E-state index contributed by atoms with van der Waals surface area (Å²) in [5.41, 5.74) is 0.102. The summed E-state index contributed by atoms with van der Waals surface area (Å²) >= 11 is 0. The topological polar surface area (TPSA) is 75.1 Å². The van der Waals surface area contributed by atoms with E-state index in [0.29, 0.717) is 12.2 Å². The third kappa shape index (κ3) is 1.61. The molecule has 0 amide bonds. The SMILES string of the molecule is CNCc1nnc2c(=O)[nH]ccn12.Cl. The van der Waals surface area contributed by atoms with Crippen LogP contribution >= 0.6 is 12.4 Å². The Hall–Kier alpha value is -1.40. The normalized spacial score (nSPS) is 10.1. The zero-order chi connectivity index (χ0) is 9.26. The molecular formula is C7H10ClN5O. The third-order valence-corrected chi connectivity index (χ3v) is 1.74. The van der Waals surface area contributed by atoms with Gasteiger partial charge in [-0.1, -0.05) is 0 Å². The molecule has 0 spiro atoms. The van der Waals surface area contributed by atoms with Crippen LogP contribution in [0.2, 0.25) is 0 Å². The van der Waals surface area contributed by atoms with Crippen LogP contribution in [-0.2, 0) is 6.54 Å². The number of fused-ring (bicyclic) bond motifs is 1. The van der Waals surface area contributed by atoms with Gasteiger partial charge in [-0.05, 0) is 7.05 Å². The summed E-state index contributed by atoms with van der Waals surface area (Å²) in [7, 11) is 1.81. The minimum absolute atomic E-state index is 0. The van der Waals surface area contributed by atoms with E-state index in [1.807, 2.05) is 7.05 Å². The summed E-state index contributed by atoms with van der Waals surface area (Å²) in [4.78, 5) is 13.7. The largest absolute Gasteiger partial charge is 0.324 e. The Morgan fingerprint density at radius 3 is 3.07 bits per heavy atom. The summed E-state index contributed by atoms with van der Waals surface area (Å²) in [5, 5.41) is 10.6. The second-order valence-corrected chi connectivity index (χ2v) is 2.63. The zero-order valence-electron chi connectivity index (χ0n) is 7.52. The minimum Gasteiger partial charge on any atom is -0.324 e. The van der Waals surface area contributed by atoms with Gasteiger partial charge in [-0.25, -0.2) is 0 Å². The summed E-state index contributed by atoms with van der Waals surface area (Å²) in [6.45, 7) is 0.588. The Labute approximate surface area is 85.8 Å². The Morgan fingerprint density at radius 2 is 2.36 bits per heavy atom. The molecule has 0 atom stereocenters. The molecule has 0 fully saturated rings. The predicted molar refractivity (Wildman–Crippen MR) is 53.6 cm³/mol. The summed E-state index contributed by atoms with van der Waals surface area (Å²) in [6, 6.07) is 0. The van der Waals surface area contributed by atoms with Gasteiger partial charge in [-0.15, -0.1) is 22.6 Å². The molecule has 0 aliphatic carbocycles. The van der Waals surface area contributed by atoms with Crippen molar-refractivity contribution in [1.82, 2.24) is 24.9 Å². The van der Waals surface area contributed by atoms with Crippen molar-refractivity contribution in [3.8, 4) is 0 Å². The number of nitrogens with one attached hydrogen (secondary N) is 2. The Kier molecular flexibility index (Phi) is 3.21. The molecule has 2 N–H and O–H groups in total. The molecule has 0 saturated carbocycles. The molecule has 2 heterocycles. The Morgan fingerprint density at radius 1 is 1.57 bits per heavy atom. The van der Waals surface area contributed by atoms with Crippen LogP contribution in [0.25, 0.3) is 5.65 Å². The number of nitrogens with zero attached hydrogens (tertiary/aromatic N) is 3. The van der Waals surface area contributed by atoms with Gasteiger partial charge in [0.15, 0.2) is 5.82 Å². The molecule has 2 rings (SSSR count). The van der Waals surface area contributed by atoms with Crippen LogP contribution in [0.5, 0.6) is 0 Å². The van der Waals surface area contributed by atoms with Gasteiger partial charge in [0.05, 0.1) is 6.54 Å². The summed E-state index contributed by atoms with van der Waals surface area (Å²) < 4.78 is 1.66. The second-order valence-electron chi connectivity index (χ2n) is 2.63. The lowest BCUT2D eigenvalue weighted by Crippen LogP contribution is -2.12. The second kappa shape index (κ2) is 4.21. The van der Waals surface area contributed by atoms with Gasteiger partial charge in [0.1, 0.15) is 0 Å². The Balaban J connectivity index is 0.000000980. The fourth-order valence-corrected chi connectivity index (χ4v) is 1.17. The van der Waals surface area contributed by atoms with Crippen molar-refractivity contribution in [2.24, 2.45) is 0 Å². The monoisotopic (exact) mass is 215 g/mol. The van der Waals surface area contributed by atoms with E-state index in [-0.39, 0.29) is 18.0 Å². The van der Waals surface area contributed by atoms with Gasteiger partial charge in [-0.2, -0.15) is 0 Å². The average Bonchev–Trinajstić information content (AvgIpc) is 2.51. The molecule has 0 radical (unpaired) electrons. The van der Waals surface area contributed by atoms with Crippen LogP contribution in [0.4, 0.5) is 0 Å². The number of hydrogen-bond donors (Lipinski definition) is 2. The molecule has 0 bridgehead atoms. The van der Waals surface area contributed by atoms with Crippen molar-refractivity contribution in [3.05, 3.63) is 28.6 Å². The maximum Gasteiger partial charge on any atom is 0.293 e. The lowest BCUT2D eigenvalue weighted by atomic mass is 10.5. The number of aromatic amines is 1. The highest BCUT2D eigenvalue weighted by molar-refractivity contribution is 5.85. The van der Waals surface area contributed by atoms with Gasteiger partial charge in [-0.3, -0.25) is 9.20 Å². The van der Waals surface area contributed by atoms with E-state index < -0.39 is 0 Å². The highest BCUT2D eigenvalue weighted by Gasteiger charge is 2.05. The standard InChI is InChI=1S/C7H9N5O.ClH/c1-8-4-5-10-11-6-7(13)9-2-3-12(5)6;/h2-3,8H,4H2,1H3,(H,9,13);1H. The smallest absolute Gasteiger partial charge is 0.293 e. The number of rotatable bonds is 2. The van der Waals surface area contributed by atoms with Gasteiger partial charge < -0.3 is 10.3 Å². The summed E-state index contributed by atoms with van der Waals surface area (Å²) in [6.07, 6.45) is 3.29. The van der Waals surface area contributed by atoms with Crippen LogP contribution in [0, 0.1) is 0 Å². The molecule has 7 heteroatoms. The van der Waals surface area contributed by atoms with Gasteiger partial charge in [0.25, 0.3) is 5.56 Å². The fourth-order valence-electron chi connectivity index (χ4n) is 1.17. The summed E-state index contributed by atoms with van der Waals surface area (Å²) in [5.74, 6) is 0.726. The van der Waals surface area contributed by atoms with Crippen molar-refractivity contribution in [2.75, 3.05) is 7.05 Å². The maximum atomic E-state index is 11.2. The Bertz CT molecular complexity index is 476. The van der Waals surface area contributed by atoms with Gasteiger partial charge in [0.2, 0.25) is 5.65 Å². The predicted octanol–water partition coefficient (Wildman–Crippen LogP) is -0.441. The van der Waals surface area contributed by atoms with Crippen LogP contribution in [-0.4, -0.2) is 26.6 Å². The highest BCUT2D eigenvalue weighted by atomic mass is 35.5. The van der Waals surface area contributed by atoms with Crippen LogP contribution in [0.1, 0.15) is 5.82 Å². The molecule has 6 nitrogen and oxygen atoms in total. The number of halogens is 1. The molecule has 14 heavy (non-hydrogen) atoms. The van der Waals surface area contributed by atoms with Crippen LogP contribution < -0.4 is 10.9 Å². The first-order chi connectivity index (χ1) is 6.33. The molecule has 0 saturated heterocycles. The lowest BCUT2D eigenvalue weighted by molar-refractivity contribution is 0.746. The van der Waals surface area contributed by atoms with Crippen molar-refractivity contribution >= 4 is 18.1 Å². The highest BCUT2D eigenvalue weighted by Crippen LogP contribution is 1.95. The van der Waals surface area contributed by atoms with Gasteiger partial charge in [0, 0.05) is 12.4 Å². The van der Waals surface area contributed by atoms with E-state index in [1.54, 1.807) is 16.8 Å². The number of hydrogen-bond acceptors (Lipinski definition) is 4. The van der Waals surface area contributed by atoms with E-state index in [9.17, 15) is 4.79 Å². The first-order valence-corrected chi connectivity index (χ1v) is 3.89. The molecule has 0 aliphatic rings. The lowest BCUT2D eigenvalue weighted by Gasteiger charge is -1.95.